The van der Waals surface area contributed by atoms with Gasteiger partial charge in [0.1, 0.15) is 0 Å². The smallest absolute Gasteiger partial charge is 0.248 e. The highest BCUT2D eigenvalue weighted by Gasteiger charge is 2.03. The summed E-state index contributed by atoms with van der Waals surface area (Å²) in [7, 11) is 0. The predicted octanol–water partition coefficient (Wildman–Crippen LogP) is 2.31. The topological polar surface area (TPSA) is 43.1 Å². The molecule has 1 amide bonds. The molecule has 0 spiro atoms. The standard InChI is InChI=1S/C10H9NOS/c1-6-4-8-5-7(10(11)12)2-3-9(8)13-6/h2-5H,1H3,(H2,11,12). The van der Waals surface area contributed by atoms with Gasteiger partial charge >= 0.3 is 0 Å². The van der Waals surface area contributed by atoms with Crippen LogP contribution in [-0.2, 0) is 0 Å². The van der Waals surface area contributed by atoms with Crippen LogP contribution in [0.1, 0.15) is 15.2 Å². The third-order valence-corrected chi connectivity index (χ3v) is 2.96. The van der Waals surface area contributed by atoms with Gasteiger partial charge in [-0.1, -0.05) is 0 Å². The van der Waals surface area contributed by atoms with E-state index in [1.54, 1.807) is 17.4 Å². The number of benzene rings is 1. The van der Waals surface area contributed by atoms with E-state index >= 15 is 0 Å². The molecule has 0 radical (unpaired) electrons. The van der Waals surface area contributed by atoms with E-state index in [1.165, 1.54) is 9.58 Å². The Balaban J connectivity index is 2.67. The summed E-state index contributed by atoms with van der Waals surface area (Å²) in [6, 6.07) is 7.60. The van der Waals surface area contributed by atoms with Crippen LogP contribution in [0.2, 0.25) is 0 Å². The summed E-state index contributed by atoms with van der Waals surface area (Å²) in [5.74, 6) is -0.370. The molecule has 2 nitrogen and oxygen atoms in total. The molecule has 2 rings (SSSR count). The van der Waals surface area contributed by atoms with Crippen molar-refractivity contribution in [3.05, 3.63) is 34.7 Å². The van der Waals surface area contributed by atoms with E-state index in [-0.39, 0.29) is 5.91 Å². The Morgan fingerprint density at radius 3 is 2.85 bits per heavy atom. The maximum Gasteiger partial charge on any atom is 0.248 e. The average molecular weight is 191 g/mol. The van der Waals surface area contributed by atoms with Crippen molar-refractivity contribution in [1.82, 2.24) is 0 Å². The molecule has 0 fully saturated rings. The zero-order valence-electron chi connectivity index (χ0n) is 7.20. The fraction of sp³-hybridized carbons (Fsp3) is 0.100. The van der Waals surface area contributed by atoms with Gasteiger partial charge < -0.3 is 5.73 Å². The minimum Gasteiger partial charge on any atom is -0.366 e. The first kappa shape index (κ1) is 8.26. The van der Waals surface area contributed by atoms with E-state index < -0.39 is 0 Å². The fourth-order valence-electron chi connectivity index (χ4n) is 1.33. The van der Waals surface area contributed by atoms with Crippen molar-refractivity contribution in [2.45, 2.75) is 6.92 Å². The van der Waals surface area contributed by atoms with Crippen molar-refractivity contribution < 1.29 is 4.79 Å². The SMILES string of the molecule is Cc1cc2cc(C(N)=O)ccc2s1. The minimum atomic E-state index is -0.370. The maximum atomic E-state index is 10.9. The summed E-state index contributed by atoms with van der Waals surface area (Å²) >= 11 is 1.72. The maximum absolute atomic E-state index is 10.9. The second kappa shape index (κ2) is 2.85. The van der Waals surface area contributed by atoms with Crippen LogP contribution in [0.4, 0.5) is 0 Å². The summed E-state index contributed by atoms with van der Waals surface area (Å²) in [4.78, 5) is 12.1. The molecule has 0 saturated heterocycles. The number of carbonyl (C=O) groups is 1. The Kier molecular flexibility index (Phi) is 1.81. The second-order valence-electron chi connectivity index (χ2n) is 2.97. The third kappa shape index (κ3) is 1.42. The molecule has 0 saturated carbocycles. The largest absolute Gasteiger partial charge is 0.366 e. The Labute approximate surface area is 80.0 Å². The molecule has 0 aliphatic rings. The second-order valence-corrected chi connectivity index (χ2v) is 4.26. The molecule has 1 heterocycles. The normalized spacial score (nSPS) is 10.5. The van der Waals surface area contributed by atoms with E-state index in [1.807, 2.05) is 12.1 Å². The Morgan fingerprint density at radius 2 is 2.15 bits per heavy atom. The number of primary amides is 1. The van der Waals surface area contributed by atoms with Gasteiger partial charge in [0.2, 0.25) is 5.91 Å². The lowest BCUT2D eigenvalue weighted by atomic mass is 10.1. The number of nitrogens with two attached hydrogens (primary N) is 1. The molecule has 0 unspecified atom stereocenters. The fourth-order valence-corrected chi connectivity index (χ4v) is 2.23. The number of thiophene rings is 1. The van der Waals surface area contributed by atoms with Crippen LogP contribution in [0.3, 0.4) is 0 Å². The first-order valence-corrected chi connectivity index (χ1v) is 4.78. The quantitative estimate of drug-likeness (QED) is 0.738. The van der Waals surface area contributed by atoms with Gasteiger partial charge in [-0.15, -0.1) is 11.3 Å². The van der Waals surface area contributed by atoms with Crippen LogP contribution in [0, 0.1) is 6.92 Å². The number of carbonyl (C=O) groups excluding carboxylic acids is 1. The van der Waals surface area contributed by atoms with Crippen molar-refractivity contribution in [2.75, 3.05) is 0 Å². The summed E-state index contributed by atoms with van der Waals surface area (Å²) < 4.78 is 1.20. The Bertz CT molecular complexity index is 473. The van der Waals surface area contributed by atoms with Crippen molar-refractivity contribution in [2.24, 2.45) is 5.73 Å². The van der Waals surface area contributed by atoms with Gasteiger partial charge in [0, 0.05) is 15.1 Å². The summed E-state index contributed by atoms with van der Waals surface area (Å²) in [6.07, 6.45) is 0. The molecule has 0 atom stereocenters. The molecule has 13 heavy (non-hydrogen) atoms. The number of fused-ring (bicyclic) bond motifs is 1. The highest BCUT2D eigenvalue weighted by molar-refractivity contribution is 7.19. The van der Waals surface area contributed by atoms with Gasteiger partial charge in [-0.05, 0) is 36.6 Å². The monoisotopic (exact) mass is 191 g/mol. The molecule has 0 bridgehead atoms. The van der Waals surface area contributed by atoms with Crippen LogP contribution in [-0.4, -0.2) is 5.91 Å². The number of amides is 1. The Morgan fingerprint density at radius 1 is 1.38 bits per heavy atom. The molecular weight excluding hydrogens is 182 g/mol. The van der Waals surface area contributed by atoms with Gasteiger partial charge in [-0.3, -0.25) is 4.79 Å². The first-order valence-electron chi connectivity index (χ1n) is 3.97. The molecule has 0 aliphatic heterocycles. The predicted molar refractivity (Wildman–Crippen MR) is 55.1 cm³/mol. The molecule has 66 valence electrons. The first-order chi connectivity index (χ1) is 6.16. The van der Waals surface area contributed by atoms with Gasteiger partial charge in [0.05, 0.1) is 0 Å². The van der Waals surface area contributed by atoms with E-state index in [0.29, 0.717) is 5.56 Å². The minimum absolute atomic E-state index is 0.370. The van der Waals surface area contributed by atoms with Gasteiger partial charge in [0.25, 0.3) is 0 Å². The lowest BCUT2D eigenvalue weighted by Gasteiger charge is -1.93. The number of aryl methyl sites for hydroxylation is 1. The molecular formula is C10H9NOS. The van der Waals surface area contributed by atoms with E-state index in [4.69, 9.17) is 5.73 Å². The van der Waals surface area contributed by atoms with Crippen molar-refractivity contribution in [3.63, 3.8) is 0 Å². The van der Waals surface area contributed by atoms with Crippen LogP contribution in [0.25, 0.3) is 10.1 Å². The average Bonchev–Trinajstić information content (AvgIpc) is 2.42. The van der Waals surface area contributed by atoms with Crippen LogP contribution < -0.4 is 5.73 Å². The van der Waals surface area contributed by atoms with E-state index in [9.17, 15) is 4.79 Å². The zero-order valence-corrected chi connectivity index (χ0v) is 8.02. The van der Waals surface area contributed by atoms with E-state index in [2.05, 4.69) is 13.0 Å². The summed E-state index contributed by atoms with van der Waals surface area (Å²) in [6.45, 7) is 2.05. The highest BCUT2D eigenvalue weighted by Crippen LogP contribution is 2.25. The Hall–Kier alpha value is -1.35. The molecule has 2 N–H and O–H groups in total. The van der Waals surface area contributed by atoms with Crippen LogP contribution in [0.5, 0.6) is 0 Å². The number of rotatable bonds is 1. The molecule has 1 aromatic carbocycles. The summed E-state index contributed by atoms with van der Waals surface area (Å²) in [5.41, 5.74) is 5.75. The molecule has 1 aromatic heterocycles. The molecule has 0 aliphatic carbocycles. The summed E-state index contributed by atoms with van der Waals surface area (Å²) in [5, 5.41) is 1.10. The number of hydrogen-bond acceptors (Lipinski definition) is 2. The van der Waals surface area contributed by atoms with Crippen molar-refractivity contribution in [1.29, 1.82) is 0 Å². The third-order valence-electron chi connectivity index (χ3n) is 1.92. The highest BCUT2D eigenvalue weighted by atomic mass is 32.1. The van der Waals surface area contributed by atoms with Crippen molar-refractivity contribution >= 4 is 27.3 Å². The molecule has 2 aromatic rings. The van der Waals surface area contributed by atoms with Crippen molar-refractivity contribution in [3.8, 4) is 0 Å². The molecule has 3 heteroatoms. The lowest BCUT2D eigenvalue weighted by Crippen LogP contribution is -2.10. The number of hydrogen-bond donors (Lipinski definition) is 1. The van der Waals surface area contributed by atoms with Crippen LogP contribution in [0.15, 0.2) is 24.3 Å². The van der Waals surface area contributed by atoms with Gasteiger partial charge in [0.15, 0.2) is 0 Å². The van der Waals surface area contributed by atoms with Gasteiger partial charge in [-0.2, -0.15) is 0 Å². The van der Waals surface area contributed by atoms with Gasteiger partial charge in [-0.25, -0.2) is 0 Å². The van der Waals surface area contributed by atoms with Crippen LogP contribution >= 0.6 is 11.3 Å². The lowest BCUT2D eigenvalue weighted by molar-refractivity contribution is 0.100. The zero-order chi connectivity index (χ0) is 9.42. The van der Waals surface area contributed by atoms with E-state index in [0.717, 1.165) is 5.39 Å².